The first-order chi connectivity index (χ1) is 9.46. The first-order valence-electron chi connectivity index (χ1n) is 5.94. The van der Waals surface area contributed by atoms with Crippen LogP contribution >= 0.6 is 0 Å². The molecule has 9 heteroatoms. The number of amides is 1. The van der Waals surface area contributed by atoms with Crippen LogP contribution in [-0.2, 0) is 14.6 Å². The lowest BCUT2D eigenvalue weighted by molar-refractivity contribution is -0.119. The molecule has 118 valence electrons. The Hall–Kier alpha value is -1.77. The van der Waals surface area contributed by atoms with Gasteiger partial charge in [0.1, 0.15) is 6.04 Å². The van der Waals surface area contributed by atoms with Crippen molar-refractivity contribution in [2.75, 3.05) is 5.32 Å². The van der Waals surface area contributed by atoms with Crippen LogP contribution in [0.3, 0.4) is 0 Å². The fourth-order valence-corrected chi connectivity index (χ4v) is 2.37. The van der Waals surface area contributed by atoms with E-state index in [0.717, 1.165) is 24.3 Å². The summed E-state index contributed by atoms with van der Waals surface area (Å²) in [7, 11) is -5.37. The monoisotopic (exact) mass is 324 g/mol. The zero-order chi connectivity index (χ0) is 16.4. The van der Waals surface area contributed by atoms with Gasteiger partial charge in [-0.15, -0.1) is 0 Å². The summed E-state index contributed by atoms with van der Waals surface area (Å²) in [6.45, 7) is 3.48. The normalized spacial score (nSPS) is 14.0. The van der Waals surface area contributed by atoms with Crippen LogP contribution in [-0.4, -0.2) is 25.9 Å². The van der Waals surface area contributed by atoms with E-state index in [2.05, 4.69) is 5.32 Å². The van der Waals surface area contributed by atoms with Crippen LogP contribution in [0.5, 0.6) is 0 Å². The van der Waals surface area contributed by atoms with E-state index >= 15 is 0 Å². The molecule has 0 aliphatic rings. The van der Waals surface area contributed by atoms with Crippen molar-refractivity contribution in [1.82, 2.24) is 0 Å². The molecule has 1 atom stereocenters. The number of rotatable bonds is 5. The van der Waals surface area contributed by atoms with E-state index in [1.165, 1.54) is 0 Å². The minimum absolute atomic E-state index is 0.138. The second-order valence-electron chi connectivity index (χ2n) is 4.74. The van der Waals surface area contributed by atoms with E-state index in [0.29, 0.717) is 5.69 Å². The van der Waals surface area contributed by atoms with Crippen molar-refractivity contribution in [3.8, 4) is 0 Å². The number of anilines is 1. The zero-order valence-corrected chi connectivity index (χ0v) is 12.1. The molecule has 1 aromatic rings. The molecule has 0 saturated heterocycles. The predicted octanol–water partition coefficient (Wildman–Crippen LogP) is 1.90. The number of sulfone groups is 1. The summed E-state index contributed by atoms with van der Waals surface area (Å²) in [5.41, 5.74) is 0.144. The SMILES string of the molecule is CC(C)[C@@H](Nc1ccc(S(=O)(=O)C(F)(F)F)cc1)C(N)=O. The van der Waals surface area contributed by atoms with Gasteiger partial charge in [-0.3, -0.25) is 4.79 Å². The molecule has 0 aliphatic heterocycles. The van der Waals surface area contributed by atoms with Crippen LogP contribution in [0.25, 0.3) is 0 Å². The van der Waals surface area contributed by atoms with Gasteiger partial charge in [-0.1, -0.05) is 13.8 Å². The molecule has 0 aliphatic carbocycles. The molecular weight excluding hydrogens is 309 g/mol. The van der Waals surface area contributed by atoms with Crippen LogP contribution in [0, 0.1) is 5.92 Å². The fourth-order valence-electron chi connectivity index (χ4n) is 1.61. The second kappa shape index (κ2) is 5.92. The quantitative estimate of drug-likeness (QED) is 0.866. The van der Waals surface area contributed by atoms with Crippen LogP contribution in [0.15, 0.2) is 29.2 Å². The number of hydrogen-bond donors (Lipinski definition) is 2. The van der Waals surface area contributed by atoms with Crippen LogP contribution in [0.1, 0.15) is 13.8 Å². The summed E-state index contributed by atoms with van der Waals surface area (Å²) in [6.07, 6.45) is 0. The molecule has 1 amide bonds. The average molecular weight is 324 g/mol. The highest BCUT2D eigenvalue weighted by Crippen LogP contribution is 2.30. The first-order valence-corrected chi connectivity index (χ1v) is 7.42. The van der Waals surface area contributed by atoms with Gasteiger partial charge < -0.3 is 11.1 Å². The molecule has 0 unspecified atom stereocenters. The maximum Gasteiger partial charge on any atom is 0.501 e. The number of carbonyl (C=O) groups is 1. The number of benzene rings is 1. The maximum atomic E-state index is 12.4. The largest absolute Gasteiger partial charge is 0.501 e. The minimum Gasteiger partial charge on any atom is -0.373 e. The van der Waals surface area contributed by atoms with Crippen LogP contribution < -0.4 is 11.1 Å². The van der Waals surface area contributed by atoms with Gasteiger partial charge in [-0.2, -0.15) is 13.2 Å². The third kappa shape index (κ3) is 3.87. The highest BCUT2D eigenvalue weighted by atomic mass is 32.2. The van der Waals surface area contributed by atoms with Gasteiger partial charge in [-0.25, -0.2) is 8.42 Å². The van der Waals surface area contributed by atoms with Gasteiger partial charge in [0, 0.05) is 5.69 Å². The van der Waals surface area contributed by atoms with Crippen molar-refractivity contribution in [1.29, 1.82) is 0 Å². The maximum absolute atomic E-state index is 12.4. The van der Waals surface area contributed by atoms with E-state index in [9.17, 15) is 26.4 Å². The third-order valence-electron chi connectivity index (χ3n) is 2.76. The van der Waals surface area contributed by atoms with E-state index < -0.39 is 32.2 Å². The van der Waals surface area contributed by atoms with Crippen LogP contribution in [0.2, 0.25) is 0 Å². The number of carbonyl (C=O) groups excluding carboxylic acids is 1. The Bertz CT molecular complexity index is 610. The zero-order valence-electron chi connectivity index (χ0n) is 11.3. The first kappa shape index (κ1) is 17.3. The number of nitrogens with one attached hydrogen (secondary N) is 1. The highest BCUT2D eigenvalue weighted by Gasteiger charge is 2.46. The summed E-state index contributed by atoms with van der Waals surface area (Å²) in [5, 5.41) is 2.74. The smallest absolute Gasteiger partial charge is 0.373 e. The van der Waals surface area contributed by atoms with Gasteiger partial charge >= 0.3 is 5.51 Å². The average Bonchev–Trinajstić information content (AvgIpc) is 2.34. The molecule has 3 N–H and O–H groups in total. The van der Waals surface area contributed by atoms with Crippen molar-refractivity contribution < 1.29 is 26.4 Å². The summed E-state index contributed by atoms with van der Waals surface area (Å²) in [5.74, 6) is -0.752. The molecule has 1 aromatic carbocycles. The molecule has 5 nitrogen and oxygen atoms in total. The Kier molecular flexibility index (Phi) is 4.87. The van der Waals surface area contributed by atoms with Gasteiger partial charge in [0.15, 0.2) is 0 Å². The van der Waals surface area contributed by atoms with Gasteiger partial charge in [0.05, 0.1) is 4.90 Å². The topological polar surface area (TPSA) is 89.3 Å². The lowest BCUT2D eigenvalue weighted by Gasteiger charge is -2.20. The van der Waals surface area contributed by atoms with E-state index in [4.69, 9.17) is 5.73 Å². The molecule has 0 bridgehead atoms. The number of alkyl halides is 3. The van der Waals surface area contributed by atoms with Crippen molar-refractivity contribution >= 4 is 21.4 Å². The second-order valence-corrected chi connectivity index (χ2v) is 6.68. The number of primary amides is 1. The predicted molar refractivity (Wildman–Crippen MR) is 71.1 cm³/mol. The summed E-state index contributed by atoms with van der Waals surface area (Å²) >= 11 is 0. The van der Waals surface area contributed by atoms with Gasteiger partial charge in [0.2, 0.25) is 5.91 Å². The van der Waals surface area contributed by atoms with Crippen molar-refractivity contribution in [3.63, 3.8) is 0 Å². The lowest BCUT2D eigenvalue weighted by Crippen LogP contribution is -2.39. The van der Waals surface area contributed by atoms with E-state index in [1.54, 1.807) is 13.8 Å². The minimum atomic E-state index is -5.37. The molecule has 0 aromatic heterocycles. The standard InChI is InChI=1S/C12H15F3N2O3S/c1-7(2)10(11(16)18)17-8-3-5-9(6-4-8)21(19,20)12(13,14)15/h3-7,10,17H,1-2H3,(H2,16,18)/t10-/m1/s1. The van der Waals surface area contributed by atoms with E-state index in [-0.39, 0.29) is 5.92 Å². The van der Waals surface area contributed by atoms with Crippen molar-refractivity contribution in [2.45, 2.75) is 30.3 Å². The molecular formula is C12H15F3N2O3S. The molecule has 0 heterocycles. The fraction of sp³-hybridized carbons (Fsp3) is 0.417. The lowest BCUT2D eigenvalue weighted by atomic mass is 10.0. The van der Waals surface area contributed by atoms with Gasteiger partial charge in [-0.05, 0) is 30.2 Å². The molecule has 21 heavy (non-hydrogen) atoms. The molecule has 0 saturated carbocycles. The van der Waals surface area contributed by atoms with Gasteiger partial charge in [0.25, 0.3) is 9.84 Å². The highest BCUT2D eigenvalue weighted by molar-refractivity contribution is 7.92. The Labute approximate surface area is 120 Å². The summed E-state index contributed by atoms with van der Waals surface area (Å²) in [4.78, 5) is 10.4. The summed E-state index contributed by atoms with van der Waals surface area (Å²) < 4.78 is 59.5. The summed E-state index contributed by atoms with van der Waals surface area (Å²) in [6, 6.07) is 3.23. The number of hydrogen-bond acceptors (Lipinski definition) is 4. The van der Waals surface area contributed by atoms with Crippen LogP contribution in [0.4, 0.5) is 18.9 Å². The van der Waals surface area contributed by atoms with E-state index in [1.807, 2.05) is 0 Å². The number of halogens is 3. The third-order valence-corrected chi connectivity index (χ3v) is 4.27. The van der Waals surface area contributed by atoms with Crippen molar-refractivity contribution in [3.05, 3.63) is 24.3 Å². The Morgan fingerprint density at radius 3 is 2.00 bits per heavy atom. The number of nitrogens with two attached hydrogens (primary N) is 1. The Morgan fingerprint density at radius 2 is 1.67 bits per heavy atom. The Morgan fingerprint density at radius 1 is 1.19 bits per heavy atom. The molecule has 0 fully saturated rings. The Balaban J connectivity index is 3.02. The molecule has 0 radical (unpaired) electrons. The molecule has 0 spiro atoms. The molecule has 1 rings (SSSR count). The van der Waals surface area contributed by atoms with Crippen molar-refractivity contribution in [2.24, 2.45) is 11.7 Å².